The van der Waals surface area contributed by atoms with Gasteiger partial charge in [-0.15, -0.1) is 0 Å². The highest BCUT2D eigenvalue weighted by atomic mass is 16.6. The van der Waals surface area contributed by atoms with Crippen molar-refractivity contribution in [1.29, 1.82) is 0 Å². The Morgan fingerprint density at radius 2 is 1.62 bits per heavy atom. The highest BCUT2D eigenvalue weighted by molar-refractivity contribution is 5.95. The molecule has 0 radical (unpaired) electrons. The van der Waals surface area contributed by atoms with Gasteiger partial charge in [0.15, 0.2) is 0 Å². The fraction of sp³-hybridized carbons (Fsp3) is 0.500. The Morgan fingerprint density at radius 3 is 2.24 bits per heavy atom. The molecule has 0 atom stereocenters. The molecule has 0 unspecified atom stereocenters. The van der Waals surface area contributed by atoms with Crippen LogP contribution in [-0.4, -0.2) is 52.7 Å². The molecule has 21 heavy (non-hydrogen) atoms. The lowest BCUT2D eigenvalue weighted by molar-refractivity contribution is 0.00574. The lowest BCUT2D eigenvalue weighted by Gasteiger charge is -2.08. The van der Waals surface area contributed by atoms with E-state index in [9.17, 15) is 4.79 Å². The molecule has 1 aromatic rings. The summed E-state index contributed by atoms with van der Waals surface area (Å²) < 4.78 is 20.3. The Labute approximate surface area is 124 Å². The Kier molecular flexibility index (Phi) is 8.18. The maximum absolute atomic E-state index is 11.7. The number of nitrogens with two attached hydrogens (primary N) is 2. The first-order valence-corrected chi connectivity index (χ1v) is 6.61. The van der Waals surface area contributed by atoms with Crippen molar-refractivity contribution in [3.63, 3.8) is 0 Å². The van der Waals surface area contributed by atoms with Gasteiger partial charge in [0.2, 0.25) is 0 Å². The van der Waals surface area contributed by atoms with Gasteiger partial charge in [-0.3, -0.25) is 0 Å². The van der Waals surface area contributed by atoms with Gasteiger partial charge in [-0.05, 0) is 18.2 Å². The fourth-order valence-electron chi connectivity index (χ4n) is 1.50. The maximum Gasteiger partial charge on any atom is 0.340 e. The summed E-state index contributed by atoms with van der Waals surface area (Å²) in [6.07, 6.45) is 0. The van der Waals surface area contributed by atoms with E-state index in [0.29, 0.717) is 50.0 Å². The van der Waals surface area contributed by atoms with E-state index in [-0.39, 0.29) is 6.61 Å². The molecule has 1 aromatic carbocycles. The number of nitrogen functional groups attached to an aromatic ring is 2. The second kappa shape index (κ2) is 9.98. The minimum Gasteiger partial charge on any atom is -0.460 e. The van der Waals surface area contributed by atoms with Gasteiger partial charge in [-0.25, -0.2) is 4.79 Å². The van der Waals surface area contributed by atoms with E-state index in [2.05, 4.69) is 0 Å². The monoisotopic (exact) mass is 298 g/mol. The number of hydrogen-bond donors (Lipinski definition) is 2. The van der Waals surface area contributed by atoms with Crippen molar-refractivity contribution in [2.24, 2.45) is 0 Å². The van der Waals surface area contributed by atoms with Gasteiger partial charge in [0.05, 0.1) is 38.6 Å². The quantitative estimate of drug-likeness (QED) is 0.372. The molecular weight excluding hydrogens is 276 g/mol. The van der Waals surface area contributed by atoms with Gasteiger partial charge in [0.1, 0.15) is 6.61 Å². The number of carbonyl (C=O) groups excluding carboxylic acids is 1. The van der Waals surface area contributed by atoms with Crippen molar-refractivity contribution in [1.82, 2.24) is 0 Å². The number of methoxy groups -OCH3 is 1. The lowest BCUT2D eigenvalue weighted by atomic mass is 10.1. The number of anilines is 2. The highest BCUT2D eigenvalue weighted by Crippen LogP contribution is 2.16. The summed E-state index contributed by atoms with van der Waals surface area (Å²) in [6, 6.07) is 4.66. The van der Waals surface area contributed by atoms with Crippen LogP contribution in [-0.2, 0) is 18.9 Å². The Hall–Kier alpha value is -1.83. The molecule has 4 N–H and O–H groups in total. The molecule has 118 valence electrons. The van der Waals surface area contributed by atoms with E-state index < -0.39 is 5.97 Å². The molecule has 0 saturated heterocycles. The molecule has 0 saturated carbocycles. The van der Waals surface area contributed by atoms with Crippen LogP contribution in [0.3, 0.4) is 0 Å². The average Bonchev–Trinajstić information content (AvgIpc) is 2.45. The fourth-order valence-corrected chi connectivity index (χ4v) is 1.50. The predicted molar refractivity (Wildman–Crippen MR) is 79.1 cm³/mol. The molecule has 0 spiro atoms. The first kappa shape index (κ1) is 17.2. The normalized spacial score (nSPS) is 10.5. The second-order valence-corrected chi connectivity index (χ2v) is 4.20. The van der Waals surface area contributed by atoms with Gasteiger partial charge in [0.25, 0.3) is 0 Å². The summed E-state index contributed by atoms with van der Waals surface area (Å²) in [7, 11) is 1.61. The van der Waals surface area contributed by atoms with Crippen LogP contribution >= 0.6 is 0 Å². The Morgan fingerprint density at radius 1 is 1.00 bits per heavy atom. The molecule has 0 aliphatic heterocycles. The molecule has 0 aliphatic rings. The van der Waals surface area contributed by atoms with Gasteiger partial charge >= 0.3 is 5.97 Å². The summed E-state index contributed by atoms with van der Waals surface area (Å²) in [5.74, 6) is -0.493. The number of hydrogen-bond acceptors (Lipinski definition) is 7. The van der Waals surface area contributed by atoms with Crippen LogP contribution in [0.25, 0.3) is 0 Å². The standard InChI is InChI=1S/C14H22N2O5/c1-18-4-5-19-6-7-20-8-9-21-14(17)12-3-2-11(15)10-13(12)16/h2-3,10H,4-9,15-16H2,1H3. The van der Waals surface area contributed by atoms with E-state index in [0.717, 1.165) is 0 Å². The van der Waals surface area contributed by atoms with Crippen molar-refractivity contribution >= 4 is 17.3 Å². The van der Waals surface area contributed by atoms with Crippen LogP contribution in [0.1, 0.15) is 10.4 Å². The van der Waals surface area contributed by atoms with Crippen LogP contribution in [0.2, 0.25) is 0 Å². The van der Waals surface area contributed by atoms with E-state index in [4.69, 9.17) is 30.4 Å². The summed E-state index contributed by atoms with van der Waals surface area (Å²) in [6.45, 7) is 2.45. The smallest absolute Gasteiger partial charge is 0.340 e. The van der Waals surface area contributed by atoms with E-state index in [1.54, 1.807) is 13.2 Å². The second-order valence-electron chi connectivity index (χ2n) is 4.20. The van der Waals surface area contributed by atoms with E-state index >= 15 is 0 Å². The van der Waals surface area contributed by atoms with Gasteiger partial charge in [-0.2, -0.15) is 0 Å². The van der Waals surface area contributed by atoms with Gasteiger partial charge in [-0.1, -0.05) is 0 Å². The molecular formula is C14H22N2O5. The zero-order chi connectivity index (χ0) is 15.5. The molecule has 0 amide bonds. The zero-order valence-electron chi connectivity index (χ0n) is 12.2. The number of ether oxygens (including phenoxy) is 4. The highest BCUT2D eigenvalue weighted by Gasteiger charge is 2.10. The third kappa shape index (κ3) is 6.94. The lowest BCUT2D eigenvalue weighted by Crippen LogP contribution is -2.14. The Bertz CT molecular complexity index is 439. The van der Waals surface area contributed by atoms with Crippen molar-refractivity contribution in [3.05, 3.63) is 23.8 Å². The van der Waals surface area contributed by atoms with Crippen molar-refractivity contribution < 1.29 is 23.7 Å². The van der Waals surface area contributed by atoms with Crippen molar-refractivity contribution in [2.45, 2.75) is 0 Å². The van der Waals surface area contributed by atoms with Crippen LogP contribution in [0.15, 0.2) is 18.2 Å². The third-order valence-electron chi connectivity index (χ3n) is 2.56. The van der Waals surface area contributed by atoms with Gasteiger partial charge < -0.3 is 30.4 Å². The molecule has 0 aromatic heterocycles. The molecule has 0 aliphatic carbocycles. The molecule has 1 rings (SSSR count). The first-order chi connectivity index (χ1) is 10.1. The molecule has 7 nitrogen and oxygen atoms in total. The summed E-state index contributed by atoms with van der Waals surface area (Å²) >= 11 is 0. The van der Waals surface area contributed by atoms with Crippen LogP contribution in [0.4, 0.5) is 11.4 Å². The zero-order valence-corrected chi connectivity index (χ0v) is 12.2. The maximum atomic E-state index is 11.7. The average molecular weight is 298 g/mol. The predicted octanol–water partition coefficient (Wildman–Crippen LogP) is 0.687. The minimum atomic E-state index is -0.493. The number of carbonyl (C=O) groups is 1. The summed E-state index contributed by atoms with van der Waals surface area (Å²) in [5.41, 5.74) is 12.3. The molecule has 7 heteroatoms. The first-order valence-electron chi connectivity index (χ1n) is 6.61. The van der Waals surface area contributed by atoms with E-state index in [1.807, 2.05) is 0 Å². The number of esters is 1. The number of rotatable bonds is 10. The molecule has 0 bridgehead atoms. The van der Waals surface area contributed by atoms with Crippen molar-refractivity contribution in [2.75, 3.05) is 58.2 Å². The minimum absolute atomic E-state index is 0.153. The SMILES string of the molecule is COCCOCCOCCOC(=O)c1ccc(N)cc1N. The topological polar surface area (TPSA) is 106 Å². The van der Waals surface area contributed by atoms with Crippen LogP contribution in [0, 0.1) is 0 Å². The van der Waals surface area contributed by atoms with E-state index in [1.165, 1.54) is 12.1 Å². The summed E-state index contributed by atoms with van der Waals surface area (Å²) in [4.78, 5) is 11.7. The largest absolute Gasteiger partial charge is 0.460 e. The third-order valence-corrected chi connectivity index (χ3v) is 2.56. The number of benzene rings is 1. The summed E-state index contributed by atoms with van der Waals surface area (Å²) in [5, 5.41) is 0. The molecule has 0 heterocycles. The molecule has 0 fully saturated rings. The van der Waals surface area contributed by atoms with Crippen molar-refractivity contribution in [3.8, 4) is 0 Å². The van der Waals surface area contributed by atoms with Crippen LogP contribution < -0.4 is 11.5 Å². The van der Waals surface area contributed by atoms with Crippen LogP contribution in [0.5, 0.6) is 0 Å². The Balaban J connectivity index is 2.11. The van der Waals surface area contributed by atoms with Gasteiger partial charge in [0, 0.05) is 18.5 Å².